The molecule has 1 fully saturated rings. The van der Waals surface area contributed by atoms with E-state index in [1.807, 2.05) is 0 Å². The van der Waals surface area contributed by atoms with Crippen LogP contribution in [0.1, 0.15) is 31.2 Å². The van der Waals surface area contributed by atoms with E-state index in [1.165, 1.54) is 19.5 Å². The van der Waals surface area contributed by atoms with Crippen molar-refractivity contribution in [2.75, 3.05) is 7.11 Å². The van der Waals surface area contributed by atoms with Crippen molar-refractivity contribution < 1.29 is 31.1 Å². The van der Waals surface area contributed by atoms with E-state index in [1.54, 1.807) is 0 Å². The molecule has 7 nitrogen and oxygen atoms in total. The highest BCUT2D eigenvalue weighted by atomic mass is 32.2. The molecule has 0 atom stereocenters. The molecule has 1 saturated carbocycles. The summed E-state index contributed by atoms with van der Waals surface area (Å²) in [6.07, 6.45) is 0.507. The summed E-state index contributed by atoms with van der Waals surface area (Å²) < 4.78 is 76.3. The molecule has 2 aromatic rings. The van der Waals surface area contributed by atoms with Gasteiger partial charge in [0.25, 0.3) is 11.8 Å². The molecule has 158 valence electrons. The quantitative estimate of drug-likeness (QED) is 0.756. The molecule has 0 spiro atoms. The van der Waals surface area contributed by atoms with E-state index in [-0.39, 0.29) is 28.8 Å². The number of ether oxygens (including phenoxy) is 2. The predicted molar refractivity (Wildman–Crippen MR) is 97.0 cm³/mol. The van der Waals surface area contributed by atoms with Gasteiger partial charge in [-0.05, 0) is 49.9 Å². The monoisotopic (exact) mass is 431 g/mol. The van der Waals surface area contributed by atoms with Crippen LogP contribution in [0.5, 0.6) is 11.8 Å². The molecular formula is C18H20F3N3O4S. The first kappa shape index (κ1) is 21.3. The van der Waals surface area contributed by atoms with Gasteiger partial charge < -0.3 is 9.47 Å². The number of hydrogen-bond acceptors (Lipinski definition) is 6. The van der Waals surface area contributed by atoms with Crippen molar-refractivity contribution in [3.8, 4) is 11.8 Å². The molecular weight excluding hydrogens is 411 g/mol. The fourth-order valence-electron chi connectivity index (χ4n) is 3.10. The van der Waals surface area contributed by atoms with E-state index in [0.29, 0.717) is 25.7 Å². The summed E-state index contributed by atoms with van der Waals surface area (Å²) in [5.41, 5.74) is -0.895. The molecule has 0 saturated heterocycles. The van der Waals surface area contributed by atoms with Crippen LogP contribution >= 0.6 is 0 Å². The summed E-state index contributed by atoms with van der Waals surface area (Å²) in [6, 6.07) is 3.10. The van der Waals surface area contributed by atoms with Crippen LogP contribution in [0.3, 0.4) is 0 Å². The number of nitrogens with zero attached hydrogens (tertiary/aromatic N) is 2. The fourth-order valence-corrected chi connectivity index (χ4v) is 4.41. The molecule has 1 aliphatic carbocycles. The molecule has 29 heavy (non-hydrogen) atoms. The maximum Gasteiger partial charge on any atom is 0.416 e. The number of benzene rings is 1. The van der Waals surface area contributed by atoms with Gasteiger partial charge in [-0.2, -0.15) is 13.2 Å². The van der Waals surface area contributed by atoms with E-state index in [2.05, 4.69) is 14.7 Å². The Morgan fingerprint density at radius 1 is 1.00 bits per heavy atom. The van der Waals surface area contributed by atoms with Crippen LogP contribution in [0.15, 0.2) is 41.6 Å². The lowest BCUT2D eigenvalue weighted by Crippen LogP contribution is -2.39. The van der Waals surface area contributed by atoms with Crippen LogP contribution in [0.4, 0.5) is 13.2 Å². The molecule has 0 unspecified atom stereocenters. The molecule has 3 rings (SSSR count). The van der Waals surface area contributed by atoms with Gasteiger partial charge in [-0.3, -0.25) is 0 Å². The van der Waals surface area contributed by atoms with Crippen LogP contribution in [-0.4, -0.2) is 37.6 Å². The lowest BCUT2D eigenvalue weighted by Gasteiger charge is -2.29. The third-order valence-corrected chi connectivity index (χ3v) is 6.13. The van der Waals surface area contributed by atoms with Crippen LogP contribution in [0.2, 0.25) is 0 Å². The number of sulfonamides is 1. The molecule has 1 aromatic heterocycles. The third kappa shape index (κ3) is 5.36. The Balaban J connectivity index is 1.57. The minimum absolute atomic E-state index is 0.160. The number of aromatic nitrogens is 2. The molecule has 1 heterocycles. The zero-order valence-corrected chi connectivity index (χ0v) is 16.3. The van der Waals surface area contributed by atoms with E-state index in [9.17, 15) is 21.6 Å². The summed E-state index contributed by atoms with van der Waals surface area (Å²) >= 11 is 0. The summed E-state index contributed by atoms with van der Waals surface area (Å²) in [5, 5.41) is 0. The van der Waals surface area contributed by atoms with Gasteiger partial charge in [0.15, 0.2) is 0 Å². The average Bonchev–Trinajstić information content (AvgIpc) is 2.69. The van der Waals surface area contributed by atoms with Crippen molar-refractivity contribution in [1.82, 2.24) is 14.7 Å². The van der Waals surface area contributed by atoms with Gasteiger partial charge in [0.2, 0.25) is 10.0 Å². The van der Waals surface area contributed by atoms with Gasteiger partial charge in [-0.25, -0.2) is 23.1 Å². The molecule has 1 aliphatic rings. The fraction of sp³-hybridized carbons (Fsp3) is 0.444. The Hall–Kier alpha value is -2.40. The van der Waals surface area contributed by atoms with Crippen molar-refractivity contribution in [2.24, 2.45) is 0 Å². The molecule has 0 aliphatic heterocycles. The summed E-state index contributed by atoms with van der Waals surface area (Å²) in [5.74, 6) is 0.557. The number of hydrogen-bond donors (Lipinski definition) is 1. The first-order chi connectivity index (χ1) is 13.7. The van der Waals surface area contributed by atoms with E-state index < -0.39 is 21.8 Å². The second-order valence-electron chi connectivity index (χ2n) is 6.61. The molecule has 0 radical (unpaired) electrons. The van der Waals surface area contributed by atoms with Crippen molar-refractivity contribution >= 4 is 10.0 Å². The number of rotatable bonds is 6. The lowest BCUT2D eigenvalue weighted by molar-refractivity contribution is -0.137. The summed E-state index contributed by atoms with van der Waals surface area (Å²) in [6.45, 7) is 0. The largest absolute Gasteiger partial charge is 0.477 e. The number of nitrogens with one attached hydrogen (secondary N) is 1. The van der Waals surface area contributed by atoms with Gasteiger partial charge in [0.1, 0.15) is 6.10 Å². The second-order valence-corrected chi connectivity index (χ2v) is 8.32. The van der Waals surface area contributed by atoms with Crippen molar-refractivity contribution in [3.63, 3.8) is 0 Å². The molecule has 1 N–H and O–H groups in total. The van der Waals surface area contributed by atoms with E-state index in [0.717, 1.165) is 24.3 Å². The highest BCUT2D eigenvalue weighted by Gasteiger charge is 2.31. The number of methoxy groups -OCH3 is 1. The van der Waals surface area contributed by atoms with Gasteiger partial charge in [0.05, 0.1) is 17.6 Å². The Morgan fingerprint density at radius 2 is 1.59 bits per heavy atom. The van der Waals surface area contributed by atoms with Gasteiger partial charge >= 0.3 is 6.18 Å². The SMILES string of the molecule is COc1nccnc1OC1CCC(NS(=O)(=O)c2ccc(C(F)(F)F)cc2)CC1. The third-order valence-electron chi connectivity index (χ3n) is 4.59. The second kappa shape index (κ2) is 8.54. The minimum atomic E-state index is -4.51. The Kier molecular flexibility index (Phi) is 6.27. The van der Waals surface area contributed by atoms with Crippen molar-refractivity contribution in [1.29, 1.82) is 0 Å². The maximum absolute atomic E-state index is 12.6. The number of alkyl halides is 3. The maximum atomic E-state index is 12.6. The highest BCUT2D eigenvalue weighted by molar-refractivity contribution is 7.89. The summed E-state index contributed by atoms with van der Waals surface area (Å²) in [7, 11) is -2.45. The van der Waals surface area contributed by atoms with Crippen molar-refractivity contribution in [2.45, 2.75) is 48.9 Å². The topological polar surface area (TPSA) is 90.4 Å². The Morgan fingerprint density at radius 3 is 2.14 bits per heavy atom. The Bertz CT molecular complexity index is 928. The zero-order chi connectivity index (χ0) is 21.1. The van der Waals surface area contributed by atoms with E-state index in [4.69, 9.17) is 9.47 Å². The Labute approximate surface area is 166 Å². The highest BCUT2D eigenvalue weighted by Crippen LogP contribution is 2.30. The lowest BCUT2D eigenvalue weighted by atomic mass is 9.94. The van der Waals surface area contributed by atoms with Crippen LogP contribution in [0.25, 0.3) is 0 Å². The first-order valence-electron chi connectivity index (χ1n) is 8.90. The van der Waals surface area contributed by atoms with Crippen molar-refractivity contribution in [3.05, 3.63) is 42.2 Å². The van der Waals surface area contributed by atoms with E-state index >= 15 is 0 Å². The van der Waals surface area contributed by atoms with Gasteiger partial charge in [0, 0.05) is 18.4 Å². The molecule has 0 amide bonds. The number of halogens is 3. The smallest absolute Gasteiger partial charge is 0.416 e. The minimum Gasteiger partial charge on any atom is -0.477 e. The standard InChI is InChI=1S/C18H20F3N3O4S/c1-27-16-17(23-11-10-22-16)28-14-6-4-13(5-7-14)24-29(25,26)15-8-2-12(3-9-15)18(19,20)21/h2-3,8-11,13-14,24H,4-7H2,1H3. The van der Waals surface area contributed by atoms with Gasteiger partial charge in [-0.1, -0.05) is 0 Å². The molecule has 11 heteroatoms. The van der Waals surface area contributed by atoms with Crippen LogP contribution < -0.4 is 14.2 Å². The first-order valence-corrected chi connectivity index (χ1v) is 10.4. The average molecular weight is 431 g/mol. The van der Waals surface area contributed by atoms with Crippen LogP contribution in [-0.2, 0) is 16.2 Å². The van der Waals surface area contributed by atoms with Gasteiger partial charge in [-0.15, -0.1) is 0 Å². The molecule has 0 bridgehead atoms. The predicted octanol–water partition coefficient (Wildman–Crippen LogP) is 3.17. The van der Waals surface area contributed by atoms with Crippen LogP contribution in [0, 0.1) is 0 Å². The molecule has 1 aromatic carbocycles. The summed E-state index contributed by atoms with van der Waals surface area (Å²) in [4.78, 5) is 7.89. The normalized spacial score (nSPS) is 20.3. The zero-order valence-electron chi connectivity index (χ0n) is 15.5.